The molecule has 0 amide bonds. The number of methoxy groups -OCH3 is 2. The SMILES string of the molecule is COC(=O)C1(C(=O)OC)CC2CC1C1C3C=CC(C3)C21. The fraction of sp³-hybridized carbons (Fsp3) is 0.750. The number of carbonyl (C=O) groups is 2. The molecule has 20 heavy (non-hydrogen) atoms. The standard InChI is InChI=1S/C16H20O4/c1-19-14(17)16(15(18)20-2)7-10-6-11(16)13-9-4-3-8(5-9)12(10)13/h3-4,8-13H,5-7H2,1-2H3. The summed E-state index contributed by atoms with van der Waals surface area (Å²) in [6.07, 6.45) is 7.46. The fourth-order valence-corrected chi connectivity index (χ4v) is 6.00. The van der Waals surface area contributed by atoms with Gasteiger partial charge in [-0.2, -0.15) is 0 Å². The fourth-order valence-electron chi connectivity index (χ4n) is 6.00. The molecule has 0 heterocycles. The number of allylic oxidation sites excluding steroid dienone is 2. The molecule has 4 rings (SSSR count). The number of esters is 2. The topological polar surface area (TPSA) is 52.6 Å². The highest BCUT2D eigenvalue weighted by molar-refractivity contribution is 6.01. The molecule has 4 bridgehead atoms. The lowest BCUT2D eigenvalue weighted by molar-refractivity contribution is -0.176. The predicted octanol–water partition coefficient (Wildman–Crippen LogP) is 1.80. The van der Waals surface area contributed by atoms with Gasteiger partial charge in [0.05, 0.1) is 14.2 Å². The van der Waals surface area contributed by atoms with E-state index in [1.165, 1.54) is 20.6 Å². The molecule has 4 nitrogen and oxygen atoms in total. The Morgan fingerprint density at radius 3 is 2.20 bits per heavy atom. The van der Waals surface area contributed by atoms with Gasteiger partial charge in [0.1, 0.15) is 0 Å². The largest absolute Gasteiger partial charge is 0.468 e. The summed E-state index contributed by atoms with van der Waals surface area (Å²) in [6.45, 7) is 0. The second-order valence-corrected chi connectivity index (χ2v) is 6.86. The van der Waals surface area contributed by atoms with E-state index in [0.29, 0.717) is 36.0 Å². The molecule has 0 N–H and O–H groups in total. The van der Waals surface area contributed by atoms with Gasteiger partial charge in [-0.3, -0.25) is 9.59 Å². The Hall–Kier alpha value is -1.32. The van der Waals surface area contributed by atoms with Crippen molar-refractivity contribution in [3.8, 4) is 0 Å². The highest BCUT2D eigenvalue weighted by atomic mass is 16.5. The number of ether oxygens (including phenoxy) is 2. The van der Waals surface area contributed by atoms with Gasteiger partial charge < -0.3 is 9.47 Å². The van der Waals surface area contributed by atoms with Crippen LogP contribution in [-0.2, 0) is 19.1 Å². The molecular formula is C16H20O4. The molecule has 0 saturated heterocycles. The van der Waals surface area contributed by atoms with Gasteiger partial charge in [0.2, 0.25) is 0 Å². The smallest absolute Gasteiger partial charge is 0.323 e. The maximum Gasteiger partial charge on any atom is 0.323 e. The summed E-state index contributed by atoms with van der Waals surface area (Å²) in [6, 6.07) is 0. The molecule has 3 saturated carbocycles. The lowest BCUT2D eigenvalue weighted by Crippen LogP contribution is -2.50. The Kier molecular flexibility index (Phi) is 2.40. The molecule has 6 unspecified atom stereocenters. The first kappa shape index (κ1) is 12.4. The minimum atomic E-state index is -1.03. The van der Waals surface area contributed by atoms with Crippen LogP contribution < -0.4 is 0 Å². The van der Waals surface area contributed by atoms with Crippen molar-refractivity contribution < 1.29 is 19.1 Å². The first-order valence-corrected chi connectivity index (χ1v) is 7.48. The highest BCUT2D eigenvalue weighted by Crippen LogP contribution is 2.70. The van der Waals surface area contributed by atoms with Crippen LogP contribution in [0.4, 0.5) is 0 Å². The Balaban J connectivity index is 1.76. The van der Waals surface area contributed by atoms with E-state index < -0.39 is 5.41 Å². The molecule has 6 atom stereocenters. The quantitative estimate of drug-likeness (QED) is 0.334. The molecule has 0 radical (unpaired) electrons. The van der Waals surface area contributed by atoms with Crippen molar-refractivity contribution in [3.63, 3.8) is 0 Å². The summed E-state index contributed by atoms with van der Waals surface area (Å²) in [5.74, 6) is 2.19. The summed E-state index contributed by atoms with van der Waals surface area (Å²) in [5, 5.41) is 0. The van der Waals surface area contributed by atoms with E-state index in [1.54, 1.807) is 0 Å². The molecule has 4 aliphatic carbocycles. The van der Waals surface area contributed by atoms with Crippen molar-refractivity contribution in [3.05, 3.63) is 12.2 Å². The van der Waals surface area contributed by atoms with Crippen LogP contribution in [0.2, 0.25) is 0 Å². The summed E-state index contributed by atoms with van der Waals surface area (Å²) >= 11 is 0. The van der Waals surface area contributed by atoms with Gasteiger partial charge in [0.25, 0.3) is 0 Å². The second kappa shape index (κ2) is 3.86. The van der Waals surface area contributed by atoms with Gasteiger partial charge in [0, 0.05) is 0 Å². The summed E-state index contributed by atoms with van der Waals surface area (Å²) in [4.78, 5) is 24.8. The number of carbonyl (C=O) groups excluding carboxylic acids is 2. The summed E-state index contributed by atoms with van der Waals surface area (Å²) < 4.78 is 9.97. The Labute approximate surface area is 118 Å². The van der Waals surface area contributed by atoms with Crippen LogP contribution in [-0.4, -0.2) is 26.2 Å². The van der Waals surface area contributed by atoms with E-state index in [4.69, 9.17) is 9.47 Å². The minimum Gasteiger partial charge on any atom is -0.468 e. The normalized spacial score (nSPS) is 45.5. The van der Waals surface area contributed by atoms with E-state index in [2.05, 4.69) is 12.2 Å². The number of fused-ring (bicyclic) bond motifs is 9. The van der Waals surface area contributed by atoms with Gasteiger partial charge in [0.15, 0.2) is 5.41 Å². The van der Waals surface area contributed by atoms with Crippen molar-refractivity contribution >= 4 is 11.9 Å². The van der Waals surface area contributed by atoms with Crippen LogP contribution in [0.3, 0.4) is 0 Å². The van der Waals surface area contributed by atoms with Crippen LogP contribution in [0.25, 0.3) is 0 Å². The van der Waals surface area contributed by atoms with Crippen LogP contribution in [0.1, 0.15) is 19.3 Å². The Bertz CT molecular complexity index is 493. The van der Waals surface area contributed by atoms with Crippen molar-refractivity contribution in [2.45, 2.75) is 19.3 Å². The van der Waals surface area contributed by atoms with E-state index in [-0.39, 0.29) is 17.9 Å². The zero-order valence-electron chi connectivity index (χ0n) is 11.9. The molecule has 3 fully saturated rings. The van der Waals surface area contributed by atoms with Crippen LogP contribution in [0, 0.1) is 40.9 Å². The zero-order chi connectivity index (χ0) is 14.1. The number of hydrogen-bond acceptors (Lipinski definition) is 4. The maximum atomic E-state index is 12.4. The molecule has 0 aromatic rings. The van der Waals surface area contributed by atoms with Crippen LogP contribution in [0.5, 0.6) is 0 Å². The van der Waals surface area contributed by atoms with Crippen molar-refractivity contribution in [1.82, 2.24) is 0 Å². The molecule has 4 heteroatoms. The molecule has 0 aliphatic heterocycles. The highest BCUT2D eigenvalue weighted by Gasteiger charge is 2.71. The molecule has 4 aliphatic rings. The second-order valence-electron chi connectivity index (χ2n) is 6.86. The van der Waals surface area contributed by atoms with Crippen molar-refractivity contribution in [2.75, 3.05) is 14.2 Å². The van der Waals surface area contributed by atoms with E-state index >= 15 is 0 Å². The van der Waals surface area contributed by atoms with Gasteiger partial charge in [-0.05, 0) is 54.8 Å². The van der Waals surface area contributed by atoms with Gasteiger partial charge in [-0.15, -0.1) is 0 Å². The van der Waals surface area contributed by atoms with Gasteiger partial charge in [-0.1, -0.05) is 12.2 Å². The third-order valence-corrected chi connectivity index (χ3v) is 6.47. The monoisotopic (exact) mass is 276 g/mol. The molecule has 108 valence electrons. The first-order valence-electron chi connectivity index (χ1n) is 7.48. The van der Waals surface area contributed by atoms with Crippen molar-refractivity contribution in [1.29, 1.82) is 0 Å². The number of rotatable bonds is 2. The van der Waals surface area contributed by atoms with E-state index in [0.717, 1.165) is 6.42 Å². The Morgan fingerprint density at radius 1 is 1.00 bits per heavy atom. The average Bonchev–Trinajstić information content (AvgIpc) is 3.21. The first-order chi connectivity index (χ1) is 9.63. The third-order valence-electron chi connectivity index (χ3n) is 6.47. The minimum absolute atomic E-state index is 0.109. The Morgan fingerprint density at radius 2 is 1.60 bits per heavy atom. The molecule has 0 spiro atoms. The molecule has 0 aromatic heterocycles. The maximum absolute atomic E-state index is 12.4. The van der Waals surface area contributed by atoms with Gasteiger partial charge >= 0.3 is 11.9 Å². The summed E-state index contributed by atoms with van der Waals surface area (Å²) in [7, 11) is 2.74. The molecular weight excluding hydrogens is 256 g/mol. The third kappa shape index (κ3) is 1.19. The zero-order valence-corrected chi connectivity index (χ0v) is 11.9. The van der Waals surface area contributed by atoms with E-state index in [1.807, 2.05) is 0 Å². The molecule has 0 aromatic carbocycles. The van der Waals surface area contributed by atoms with Crippen LogP contribution >= 0.6 is 0 Å². The lowest BCUT2D eigenvalue weighted by Gasteiger charge is -2.41. The lowest BCUT2D eigenvalue weighted by atomic mass is 9.62. The summed E-state index contributed by atoms with van der Waals surface area (Å²) in [5.41, 5.74) is -1.03. The predicted molar refractivity (Wildman–Crippen MR) is 70.4 cm³/mol. The average molecular weight is 276 g/mol. The van der Waals surface area contributed by atoms with Gasteiger partial charge in [-0.25, -0.2) is 0 Å². The van der Waals surface area contributed by atoms with Crippen molar-refractivity contribution in [2.24, 2.45) is 40.9 Å². The number of hydrogen-bond donors (Lipinski definition) is 0. The van der Waals surface area contributed by atoms with E-state index in [9.17, 15) is 9.59 Å². The van der Waals surface area contributed by atoms with Crippen LogP contribution in [0.15, 0.2) is 12.2 Å².